The number of nitrogens with zero attached hydrogens (tertiary/aromatic N) is 1. The molecule has 0 fully saturated rings. The molecule has 2 amide bonds. The first kappa shape index (κ1) is 28.2. The summed E-state index contributed by atoms with van der Waals surface area (Å²) in [6.07, 6.45) is 2.89. The lowest BCUT2D eigenvalue weighted by atomic mass is 10.0. The van der Waals surface area contributed by atoms with E-state index < -0.39 is 6.04 Å². The van der Waals surface area contributed by atoms with Crippen molar-refractivity contribution in [3.63, 3.8) is 0 Å². The highest BCUT2D eigenvalue weighted by molar-refractivity contribution is 6.30. The summed E-state index contributed by atoms with van der Waals surface area (Å²) in [5.74, 6) is -0.0165. The predicted octanol–water partition coefficient (Wildman–Crippen LogP) is 6.19. The first-order chi connectivity index (χ1) is 18.0. The number of hydrogen-bond donors (Lipinski definition) is 1. The molecule has 0 aromatic heterocycles. The molecule has 0 saturated heterocycles. The molecule has 3 aromatic carbocycles. The first-order valence-corrected chi connectivity index (χ1v) is 13.1. The number of hydrogen-bond acceptors (Lipinski definition) is 3. The van der Waals surface area contributed by atoms with Crippen LogP contribution in [0.3, 0.4) is 0 Å². The van der Waals surface area contributed by atoms with Gasteiger partial charge in [0.2, 0.25) is 11.8 Å². The minimum Gasteiger partial charge on any atom is -0.494 e. The highest BCUT2D eigenvalue weighted by Gasteiger charge is 2.30. The molecule has 0 heterocycles. The second-order valence-electron chi connectivity index (χ2n) is 8.90. The van der Waals surface area contributed by atoms with Crippen molar-refractivity contribution in [2.24, 2.45) is 0 Å². The number of carbonyl (C=O) groups excluding carboxylic acids is 2. The highest BCUT2D eigenvalue weighted by atomic mass is 35.5. The molecular weight excluding hydrogens is 491 g/mol. The molecule has 0 aliphatic heterocycles. The molecule has 0 aliphatic carbocycles. The maximum atomic E-state index is 13.5. The van der Waals surface area contributed by atoms with Crippen LogP contribution in [0, 0.1) is 5.82 Å². The van der Waals surface area contributed by atoms with Crippen LogP contribution in [0.4, 0.5) is 4.39 Å². The average molecular weight is 525 g/mol. The Bertz CT molecular complexity index is 1110. The SMILES string of the molecule is CCCCNC(=O)C(Cc1ccccc1)N(Cc1ccc(F)cc1)C(=O)CCCOc1ccc(Cl)cc1. The van der Waals surface area contributed by atoms with Gasteiger partial charge in [0.05, 0.1) is 6.61 Å². The number of nitrogens with one attached hydrogen (secondary N) is 1. The Morgan fingerprint density at radius 3 is 2.32 bits per heavy atom. The van der Waals surface area contributed by atoms with Gasteiger partial charge in [-0.3, -0.25) is 9.59 Å². The van der Waals surface area contributed by atoms with E-state index in [1.54, 1.807) is 41.3 Å². The van der Waals surface area contributed by atoms with E-state index in [0.717, 1.165) is 24.0 Å². The van der Waals surface area contributed by atoms with Gasteiger partial charge < -0.3 is 15.0 Å². The zero-order valence-corrected chi connectivity index (χ0v) is 21.9. The van der Waals surface area contributed by atoms with Gasteiger partial charge in [-0.05, 0) is 60.4 Å². The Balaban J connectivity index is 1.76. The van der Waals surface area contributed by atoms with Gasteiger partial charge in [0, 0.05) is 31.0 Å². The van der Waals surface area contributed by atoms with E-state index in [9.17, 15) is 14.0 Å². The van der Waals surface area contributed by atoms with Crippen molar-refractivity contribution in [1.29, 1.82) is 0 Å². The summed E-state index contributed by atoms with van der Waals surface area (Å²) < 4.78 is 19.3. The molecule has 0 spiro atoms. The fourth-order valence-electron chi connectivity index (χ4n) is 3.93. The van der Waals surface area contributed by atoms with Crippen molar-refractivity contribution in [3.05, 3.63) is 101 Å². The molecular formula is C30H34ClFN2O3. The van der Waals surface area contributed by atoms with Gasteiger partial charge in [0.1, 0.15) is 17.6 Å². The maximum absolute atomic E-state index is 13.5. The van der Waals surface area contributed by atoms with E-state index in [4.69, 9.17) is 16.3 Å². The second-order valence-corrected chi connectivity index (χ2v) is 9.34. The second kappa shape index (κ2) is 15.0. The monoisotopic (exact) mass is 524 g/mol. The third-order valence-electron chi connectivity index (χ3n) is 5.98. The van der Waals surface area contributed by atoms with Crippen LogP contribution in [-0.4, -0.2) is 35.9 Å². The summed E-state index contributed by atoms with van der Waals surface area (Å²) in [4.78, 5) is 28.5. The maximum Gasteiger partial charge on any atom is 0.243 e. The largest absolute Gasteiger partial charge is 0.494 e. The molecule has 0 saturated carbocycles. The predicted molar refractivity (Wildman–Crippen MR) is 145 cm³/mol. The third-order valence-corrected chi connectivity index (χ3v) is 6.24. The molecule has 3 rings (SSSR count). The summed E-state index contributed by atoms with van der Waals surface area (Å²) >= 11 is 5.92. The van der Waals surface area contributed by atoms with Crippen LogP contribution in [-0.2, 0) is 22.6 Å². The van der Waals surface area contributed by atoms with E-state index >= 15 is 0 Å². The molecule has 1 unspecified atom stereocenters. The van der Waals surface area contributed by atoms with Crippen molar-refractivity contribution >= 4 is 23.4 Å². The van der Waals surface area contributed by atoms with Crippen molar-refractivity contribution in [3.8, 4) is 5.75 Å². The van der Waals surface area contributed by atoms with E-state index in [1.165, 1.54) is 12.1 Å². The fraction of sp³-hybridized carbons (Fsp3) is 0.333. The minimum atomic E-state index is -0.700. The molecule has 7 heteroatoms. The number of amides is 2. The van der Waals surface area contributed by atoms with Crippen molar-refractivity contribution in [2.45, 2.75) is 51.6 Å². The van der Waals surface area contributed by atoms with Crippen molar-refractivity contribution < 1.29 is 18.7 Å². The first-order valence-electron chi connectivity index (χ1n) is 12.7. The van der Waals surface area contributed by atoms with Crippen molar-refractivity contribution in [1.82, 2.24) is 10.2 Å². The molecule has 196 valence electrons. The number of ether oxygens (including phenoxy) is 1. The molecule has 3 aromatic rings. The fourth-order valence-corrected chi connectivity index (χ4v) is 4.06. The van der Waals surface area contributed by atoms with Gasteiger partial charge in [0.25, 0.3) is 0 Å². The lowest BCUT2D eigenvalue weighted by molar-refractivity contribution is -0.141. The Labute approximate surface area is 223 Å². The average Bonchev–Trinajstić information content (AvgIpc) is 2.91. The Morgan fingerprint density at radius 1 is 0.946 bits per heavy atom. The van der Waals surface area contributed by atoms with Gasteiger partial charge in [0.15, 0.2) is 0 Å². The number of halogens is 2. The van der Waals surface area contributed by atoms with Gasteiger partial charge in [-0.1, -0.05) is 67.4 Å². The quantitative estimate of drug-likeness (QED) is 0.256. The number of rotatable bonds is 14. The Hall–Kier alpha value is -3.38. The normalized spacial score (nSPS) is 11.5. The number of unbranched alkanes of at least 4 members (excludes halogenated alkanes) is 1. The summed E-state index contributed by atoms with van der Waals surface area (Å²) in [6, 6.07) is 22.0. The Kier molecular flexibility index (Phi) is 11.4. The minimum absolute atomic E-state index is 0.157. The van der Waals surface area contributed by atoms with Gasteiger partial charge in [-0.25, -0.2) is 4.39 Å². The van der Waals surface area contributed by atoms with Crippen LogP contribution in [0.1, 0.15) is 43.7 Å². The topological polar surface area (TPSA) is 58.6 Å². The van der Waals surface area contributed by atoms with Crippen LogP contribution in [0.15, 0.2) is 78.9 Å². The van der Waals surface area contributed by atoms with Crippen LogP contribution in [0.2, 0.25) is 5.02 Å². The zero-order valence-electron chi connectivity index (χ0n) is 21.2. The lowest BCUT2D eigenvalue weighted by Crippen LogP contribution is -2.50. The van der Waals surface area contributed by atoms with Gasteiger partial charge in [-0.2, -0.15) is 0 Å². The smallest absolute Gasteiger partial charge is 0.243 e. The molecule has 0 radical (unpaired) electrons. The standard InChI is InChI=1S/C30H34ClFN2O3/c1-2-3-19-33-30(36)28(21-23-8-5-4-6-9-23)34(22-24-11-15-26(32)16-12-24)29(35)10-7-20-37-27-17-13-25(31)14-18-27/h4-6,8-9,11-18,28H,2-3,7,10,19-22H2,1H3,(H,33,36). The summed E-state index contributed by atoms with van der Waals surface area (Å²) in [5, 5.41) is 3.62. The summed E-state index contributed by atoms with van der Waals surface area (Å²) in [6.45, 7) is 3.16. The number of benzene rings is 3. The van der Waals surface area contributed by atoms with Crippen LogP contribution >= 0.6 is 11.6 Å². The molecule has 0 aliphatic rings. The van der Waals surface area contributed by atoms with E-state index in [0.29, 0.717) is 36.8 Å². The summed E-state index contributed by atoms with van der Waals surface area (Å²) in [5.41, 5.74) is 1.72. The van der Waals surface area contributed by atoms with E-state index in [2.05, 4.69) is 12.2 Å². The van der Waals surface area contributed by atoms with Crippen LogP contribution in [0.25, 0.3) is 0 Å². The lowest BCUT2D eigenvalue weighted by Gasteiger charge is -2.31. The zero-order chi connectivity index (χ0) is 26.5. The van der Waals surface area contributed by atoms with Gasteiger partial charge in [-0.15, -0.1) is 0 Å². The molecule has 1 atom stereocenters. The molecule has 37 heavy (non-hydrogen) atoms. The van der Waals surface area contributed by atoms with Crippen LogP contribution < -0.4 is 10.1 Å². The van der Waals surface area contributed by atoms with E-state index in [-0.39, 0.29) is 30.6 Å². The Morgan fingerprint density at radius 2 is 1.65 bits per heavy atom. The van der Waals surface area contributed by atoms with Crippen LogP contribution in [0.5, 0.6) is 5.75 Å². The van der Waals surface area contributed by atoms with E-state index in [1.807, 2.05) is 30.3 Å². The molecule has 1 N–H and O–H groups in total. The highest BCUT2D eigenvalue weighted by Crippen LogP contribution is 2.18. The summed E-state index contributed by atoms with van der Waals surface area (Å²) in [7, 11) is 0. The number of carbonyl (C=O) groups is 2. The molecule has 0 bridgehead atoms. The van der Waals surface area contributed by atoms with Gasteiger partial charge >= 0.3 is 0 Å². The third kappa shape index (κ3) is 9.54. The molecule has 5 nitrogen and oxygen atoms in total. The van der Waals surface area contributed by atoms with Crippen molar-refractivity contribution in [2.75, 3.05) is 13.2 Å².